The van der Waals surface area contributed by atoms with E-state index in [1.165, 1.54) is 40.0 Å². The molecule has 0 aliphatic heterocycles. The van der Waals surface area contributed by atoms with Crippen LogP contribution in [0.25, 0.3) is 11.3 Å². The molecule has 0 fully saturated rings. The van der Waals surface area contributed by atoms with Crippen LogP contribution in [0.4, 0.5) is 5.13 Å². The average Bonchev–Trinajstić information content (AvgIpc) is 3.23. The maximum Gasteiger partial charge on any atom is 0.236 e. The van der Waals surface area contributed by atoms with Gasteiger partial charge in [0.05, 0.1) is 11.4 Å². The zero-order chi connectivity index (χ0) is 16.9. The van der Waals surface area contributed by atoms with E-state index in [-0.39, 0.29) is 5.91 Å². The molecule has 9 heteroatoms. The molecule has 0 aliphatic carbocycles. The van der Waals surface area contributed by atoms with Gasteiger partial charge in [-0.1, -0.05) is 64.7 Å². The Morgan fingerprint density at radius 3 is 2.67 bits per heavy atom. The fourth-order valence-corrected chi connectivity index (χ4v) is 4.78. The smallest absolute Gasteiger partial charge is 0.236 e. The van der Waals surface area contributed by atoms with E-state index < -0.39 is 0 Å². The summed E-state index contributed by atoms with van der Waals surface area (Å²) in [7, 11) is 0. The van der Waals surface area contributed by atoms with E-state index in [1.807, 2.05) is 30.7 Å². The van der Waals surface area contributed by atoms with Crippen LogP contribution in [0.15, 0.2) is 38.3 Å². The summed E-state index contributed by atoms with van der Waals surface area (Å²) in [6, 6.07) is 8.16. The molecule has 2 aromatic heterocycles. The lowest BCUT2D eigenvalue weighted by Crippen LogP contribution is -2.13. The van der Waals surface area contributed by atoms with Gasteiger partial charge in [0.1, 0.15) is 0 Å². The van der Waals surface area contributed by atoms with Gasteiger partial charge in [-0.3, -0.25) is 4.79 Å². The second kappa shape index (κ2) is 8.11. The largest absolute Gasteiger partial charge is 0.301 e. The van der Waals surface area contributed by atoms with Gasteiger partial charge in [0.2, 0.25) is 5.91 Å². The van der Waals surface area contributed by atoms with Crippen LogP contribution in [0.1, 0.15) is 5.56 Å². The first kappa shape index (κ1) is 17.4. The monoisotopic (exact) mass is 394 g/mol. The SMILES string of the molecule is CSc1nnc(SCC(=O)Nc2nc(-c3ccc(C)cc3)cs2)s1. The molecule has 0 aliphatic rings. The molecule has 2 heterocycles. The molecule has 5 nitrogen and oxygen atoms in total. The van der Waals surface area contributed by atoms with Crippen molar-refractivity contribution >= 4 is 57.2 Å². The van der Waals surface area contributed by atoms with Crippen molar-refractivity contribution in [2.75, 3.05) is 17.3 Å². The van der Waals surface area contributed by atoms with Crippen molar-refractivity contribution in [3.8, 4) is 11.3 Å². The van der Waals surface area contributed by atoms with Gasteiger partial charge in [-0.15, -0.1) is 21.5 Å². The highest BCUT2D eigenvalue weighted by Crippen LogP contribution is 2.28. The van der Waals surface area contributed by atoms with Gasteiger partial charge in [-0.05, 0) is 13.2 Å². The molecule has 0 spiro atoms. The number of carbonyl (C=O) groups is 1. The summed E-state index contributed by atoms with van der Waals surface area (Å²) in [6.45, 7) is 2.05. The summed E-state index contributed by atoms with van der Waals surface area (Å²) in [5.74, 6) is 0.202. The highest BCUT2D eigenvalue weighted by Gasteiger charge is 2.10. The molecule has 0 radical (unpaired) electrons. The maximum atomic E-state index is 12.0. The minimum atomic E-state index is -0.0919. The molecular formula is C15H14N4OS4. The van der Waals surface area contributed by atoms with E-state index in [0.29, 0.717) is 10.9 Å². The molecule has 0 bridgehead atoms. The lowest BCUT2D eigenvalue weighted by Gasteiger charge is -2.00. The number of aromatic nitrogens is 3. The molecule has 124 valence electrons. The number of nitrogens with zero attached hydrogens (tertiary/aromatic N) is 3. The number of benzene rings is 1. The second-order valence-corrected chi connectivity index (χ2v) is 8.89. The van der Waals surface area contributed by atoms with Crippen molar-refractivity contribution < 1.29 is 4.79 Å². The molecule has 1 N–H and O–H groups in total. The Bertz CT molecular complexity index is 828. The van der Waals surface area contributed by atoms with Crippen LogP contribution in [0.5, 0.6) is 0 Å². The third-order valence-corrected chi connectivity index (χ3v) is 6.78. The highest BCUT2D eigenvalue weighted by atomic mass is 32.2. The molecule has 0 atom stereocenters. The molecule has 24 heavy (non-hydrogen) atoms. The zero-order valence-electron chi connectivity index (χ0n) is 13.0. The van der Waals surface area contributed by atoms with Crippen molar-refractivity contribution in [3.05, 3.63) is 35.2 Å². The fourth-order valence-electron chi connectivity index (χ4n) is 1.81. The number of carbonyl (C=O) groups excluding carboxylic acids is 1. The van der Waals surface area contributed by atoms with Crippen LogP contribution in [-0.2, 0) is 4.79 Å². The van der Waals surface area contributed by atoms with Crippen LogP contribution in [0, 0.1) is 6.92 Å². The van der Waals surface area contributed by atoms with Crippen LogP contribution in [-0.4, -0.2) is 33.1 Å². The number of nitrogens with one attached hydrogen (secondary N) is 1. The van der Waals surface area contributed by atoms with Crippen molar-refractivity contribution in [1.29, 1.82) is 0 Å². The Hall–Kier alpha value is -1.42. The minimum absolute atomic E-state index is 0.0919. The number of thioether (sulfide) groups is 2. The molecule has 3 rings (SSSR count). The second-order valence-electron chi connectivity index (χ2n) is 4.78. The maximum absolute atomic E-state index is 12.0. The van der Waals surface area contributed by atoms with E-state index >= 15 is 0 Å². The van der Waals surface area contributed by atoms with Crippen molar-refractivity contribution in [3.63, 3.8) is 0 Å². The topological polar surface area (TPSA) is 67.8 Å². The zero-order valence-corrected chi connectivity index (χ0v) is 16.2. The lowest BCUT2D eigenvalue weighted by atomic mass is 10.1. The number of hydrogen-bond acceptors (Lipinski definition) is 8. The summed E-state index contributed by atoms with van der Waals surface area (Å²) in [6.07, 6.45) is 1.95. The van der Waals surface area contributed by atoms with E-state index in [0.717, 1.165) is 19.9 Å². The Morgan fingerprint density at radius 2 is 1.96 bits per heavy atom. The summed E-state index contributed by atoms with van der Waals surface area (Å²) >= 11 is 5.86. The third kappa shape index (κ3) is 4.56. The predicted octanol–water partition coefficient (Wildman–Crippen LogP) is 4.42. The van der Waals surface area contributed by atoms with Crippen molar-refractivity contribution in [2.45, 2.75) is 15.6 Å². The predicted molar refractivity (Wildman–Crippen MR) is 103 cm³/mol. The van der Waals surface area contributed by atoms with E-state index in [9.17, 15) is 4.79 Å². The first-order valence-electron chi connectivity index (χ1n) is 6.97. The first-order chi connectivity index (χ1) is 11.6. The van der Waals surface area contributed by atoms with Gasteiger partial charge < -0.3 is 5.32 Å². The minimum Gasteiger partial charge on any atom is -0.301 e. The molecule has 3 aromatic rings. The third-order valence-electron chi connectivity index (χ3n) is 2.99. The number of amides is 1. The standard InChI is InChI=1S/C15H14N4OS4/c1-9-3-5-10(6-4-9)11-7-22-13(16-11)17-12(20)8-23-15-19-18-14(21-2)24-15/h3-7H,8H2,1-2H3,(H,16,17,20). The summed E-state index contributed by atoms with van der Waals surface area (Å²) in [5, 5.41) is 13.4. The van der Waals surface area contributed by atoms with Crippen LogP contribution in [0.2, 0.25) is 0 Å². The summed E-state index contributed by atoms with van der Waals surface area (Å²) in [4.78, 5) is 16.5. The van der Waals surface area contributed by atoms with E-state index in [1.54, 1.807) is 11.8 Å². The summed E-state index contributed by atoms with van der Waals surface area (Å²) in [5.41, 5.74) is 3.13. The fraction of sp³-hybridized carbons (Fsp3) is 0.200. The molecule has 0 unspecified atom stereocenters. The molecular weight excluding hydrogens is 380 g/mol. The van der Waals surface area contributed by atoms with E-state index in [2.05, 4.69) is 32.6 Å². The Morgan fingerprint density at radius 1 is 1.21 bits per heavy atom. The molecule has 1 aromatic carbocycles. The van der Waals surface area contributed by atoms with Gasteiger partial charge in [0.15, 0.2) is 13.8 Å². The van der Waals surface area contributed by atoms with Gasteiger partial charge in [-0.25, -0.2) is 4.98 Å². The number of anilines is 1. The lowest BCUT2D eigenvalue weighted by molar-refractivity contribution is -0.113. The highest BCUT2D eigenvalue weighted by molar-refractivity contribution is 8.03. The Balaban J connectivity index is 1.56. The normalized spacial score (nSPS) is 10.8. The quantitative estimate of drug-likeness (QED) is 0.624. The van der Waals surface area contributed by atoms with Crippen molar-refractivity contribution in [2.24, 2.45) is 0 Å². The van der Waals surface area contributed by atoms with Crippen LogP contribution >= 0.6 is 46.2 Å². The molecule has 0 saturated carbocycles. The Labute approximate surface area is 156 Å². The van der Waals surface area contributed by atoms with Crippen LogP contribution in [0.3, 0.4) is 0 Å². The number of rotatable bonds is 6. The van der Waals surface area contributed by atoms with Gasteiger partial charge >= 0.3 is 0 Å². The van der Waals surface area contributed by atoms with Gasteiger partial charge in [0, 0.05) is 10.9 Å². The molecule has 0 saturated heterocycles. The van der Waals surface area contributed by atoms with Crippen LogP contribution < -0.4 is 5.32 Å². The first-order valence-corrected chi connectivity index (χ1v) is 10.9. The van der Waals surface area contributed by atoms with Crippen molar-refractivity contribution in [1.82, 2.24) is 15.2 Å². The Kier molecular flexibility index (Phi) is 5.88. The van der Waals surface area contributed by atoms with E-state index in [4.69, 9.17) is 0 Å². The number of hydrogen-bond donors (Lipinski definition) is 1. The average molecular weight is 395 g/mol. The summed E-state index contributed by atoms with van der Waals surface area (Å²) < 4.78 is 1.70. The molecule has 1 amide bonds. The van der Waals surface area contributed by atoms with Gasteiger partial charge in [-0.2, -0.15) is 0 Å². The van der Waals surface area contributed by atoms with Gasteiger partial charge in [0.25, 0.3) is 0 Å². The number of thiazole rings is 1. The number of aryl methyl sites for hydroxylation is 1.